The number of anilines is 1. The van der Waals surface area contributed by atoms with Crippen LogP contribution in [0.15, 0.2) is 18.7 Å². The Balaban J connectivity index is 1.91. The maximum Gasteiger partial charge on any atom is 0.219 e. The Morgan fingerprint density at radius 1 is 1.42 bits per heavy atom. The van der Waals surface area contributed by atoms with Gasteiger partial charge < -0.3 is 9.80 Å². The average Bonchev–Trinajstić information content (AvgIpc) is 2.86. The largest absolute Gasteiger partial charge is 0.347 e. The second-order valence-electron chi connectivity index (χ2n) is 4.82. The van der Waals surface area contributed by atoms with Gasteiger partial charge in [-0.3, -0.25) is 9.20 Å². The molecule has 0 saturated carbocycles. The van der Waals surface area contributed by atoms with Crippen molar-refractivity contribution in [1.82, 2.24) is 24.5 Å². The highest BCUT2D eigenvalue weighted by Crippen LogP contribution is 2.21. The zero-order chi connectivity index (χ0) is 13.4. The smallest absolute Gasteiger partial charge is 0.219 e. The number of nitrogens with zero attached hydrogens (tertiary/aromatic N) is 6. The van der Waals surface area contributed by atoms with Gasteiger partial charge in [0.2, 0.25) is 11.6 Å². The Morgan fingerprint density at radius 3 is 3.00 bits per heavy atom. The minimum atomic E-state index is 0.125. The highest BCUT2D eigenvalue weighted by Gasteiger charge is 2.27. The summed E-state index contributed by atoms with van der Waals surface area (Å²) < 4.78 is 1.85. The van der Waals surface area contributed by atoms with Crippen LogP contribution in [0.5, 0.6) is 0 Å². The Hall–Kier alpha value is -2.18. The van der Waals surface area contributed by atoms with Gasteiger partial charge in [-0.05, 0) is 6.92 Å². The van der Waals surface area contributed by atoms with Gasteiger partial charge in [0.25, 0.3) is 0 Å². The first-order chi connectivity index (χ1) is 9.16. The van der Waals surface area contributed by atoms with Crippen molar-refractivity contribution in [3.05, 3.63) is 18.7 Å². The number of fused-ring (bicyclic) bond motifs is 1. The van der Waals surface area contributed by atoms with Crippen molar-refractivity contribution in [2.24, 2.45) is 0 Å². The van der Waals surface area contributed by atoms with E-state index in [2.05, 4.69) is 27.0 Å². The standard InChI is InChI=1S/C12H16N6O/c1-9-7-16(10(2)19)5-6-18(9)11-12-15-14-8-17(12)4-3-13-11/h3-4,8-9H,5-7H2,1-2H3. The molecule has 1 unspecified atom stereocenters. The van der Waals surface area contributed by atoms with Gasteiger partial charge in [0.1, 0.15) is 6.33 Å². The van der Waals surface area contributed by atoms with Crippen molar-refractivity contribution in [2.75, 3.05) is 24.5 Å². The van der Waals surface area contributed by atoms with Gasteiger partial charge in [0.15, 0.2) is 5.82 Å². The molecule has 2 aromatic rings. The van der Waals surface area contributed by atoms with E-state index in [9.17, 15) is 4.79 Å². The van der Waals surface area contributed by atoms with Gasteiger partial charge in [0, 0.05) is 45.0 Å². The molecule has 100 valence electrons. The third kappa shape index (κ3) is 2.00. The molecule has 0 aliphatic carbocycles. The molecule has 3 rings (SSSR count). The third-order valence-corrected chi connectivity index (χ3v) is 3.54. The zero-order valence-corrected chi connectivity index (χ0v) is 11.0. The second-order valence-corrected chi connectivity index (χ2v) is 4.82. The minimum Gasteiger partial charge on any atom is -0.347 e. The molecule has 0 aromatic carbocycles. The van der Waals surface area contributed by atoms with E-state index < -0.39 is 0 Å². The van der Waals surface area contributed by atoms with E-state index in [4.69, 9.17) is 0 Å². The van der Waals surface area contributed by atoms with Crippen LogP contribution >= 0.6 is 0 Å². The second kappa shape index (κ2) is 4.49. The van der Waals surface area contributed by atoms with Crippen molar-refractivity contribution >= 4 is 17.4 Å². The van der Waals surface area contributed by atoms with Crippen molar-refractivity contribution < 1.29 is 4.79 Å². The summed E-state index contributed by atoms with van der Waals surface area (Å²) in [7, 11) is 0. The molecule has 2 aromatic heterocycles. The Bertz CT molecular complexity index is 609. The maximum atomic E-state index is 11.4. The van der Waals surface area contributed by atoms with Crippen molar-refractivity contribution in [3.8, 4) is 0 Å². The van der Waals surface area contributed by atoms with Crippen molar-refractivity contribution in [1.29, 1.82) is 0 Å². The first kappa shape index (κ1) is 11.9. The van der Waals surface area contributed by atoms with Crippen LogP contribution in [0, 0.1) is 0 Å². The molecule has 1 fully saturated rings. The highest BCUT2D eigenvalue weighted by molar-refractivity contribution is 5.74. The first-order valence-corrected chi connectivity index (χ1v) is 6.33. The fourth-order valence-corrected chi connectivity index (χ4v) is 2.51. The van der Waals surface area contributed by atoms with Crippen LogP contribution in [-0.4, -0.2) is 56.1 Å². The number of rotatable bonds is 1. The SMILES string of the molecule is CC(=O)N1CCN(c2nccn3cnnc23)C(C)C1. The molecule has 0 radical (unpaired) electrons. The molecule has 7 heteroatoms. The van der Waals surface area contributed by atoms with E-state index in [0.717, 1.165) is 24.6 Å². The third-order valence-electron chi connectivity index (χ3n) is 3.54. The lowest BCUT2D eigenvalue weighted by molar-refractivity contribution is -0.129. The van der Waals surface area contributed by atoms with Gasteiger partial charge in [0.05, 0.1) is 0 Å². The summed E-state index contributed by atoms with van der Waals surface area (Å²) in [5, 5.41) is 8.02. The molecule has 7 nitrogen and oxygen atoms in total. The van der Waals surface area contributed by atoms with Crippen LogP contribution in [0.25, 0.3) is 5.65 Å². The first-order valence-electron chi connectivity index (χ1n) is 6.33. The highest BCUT2D eigenvalue weighted by atomic mass is 16.2. The molecular formula is C12H16N6O. The van der Waals surface area contributed by atoms with Crippen molar-refractivity contribution in [3.63, 3.8) is 0 Å². The van der Waals surface area contributed by atoms with E-state index in [1.165, 1.54) is 0 Å². The number of aromatic nitrogens is 4. The summed E-state index contributed by atoms with van der Waals surface area (Å²) in [6.07, 6.45) is 5.24. The van der Waals surface area contributed by atoms with Crippen LogP contribution in [0.3, 0.4) is 0 Å². The van der Waals surface area contributed by atoms with Crippen molar-refractivity contribution in [2.45, 2.75) is 19.9 Å². The Morgan fingerprint density at radius 2 is 2.26 bits per heavy atom. The maximum absolute atomic E-state index is 11.4. The fourth-order valence-electron chi connectivity index (χ4n) is 2.51. The number of hydrogen-bond acceptors (Lipinski definition) is 5. The summed E-state index contributed by atoms with van der Waals surface area (Å²) >= 11 is 0. The van der Waals surface area contributed by atoms with E-state index >= 15 is 0 Å². The lowest BCUT2D eigenvalue weighted by Crippen LogP contribution is -2.53. The van der Waals surface area contributed by atoms with E-state index in [1.54, 1.807) is 19.4 Å². The number of piperazine rings is 1. The summed E-state index contributed by atoms with van der Waals surface area (Å²) in [4.78, 5) is 19.9. The number of hydrogen-bond donors (Lipinski definition) is 0. The van der Waals surface area contributed by atoms with Crippen LogP contribution < -0.4 is 4.90 Å². The van der Waals surface area contributed by atoms with Gasteiger partial charge in [-0.25, -0.2) is 4.98 Å². The summed E-state index contributed by atoms with van der Waals surface area (Å²) in [5.41, 5.74) is 0.755. The Kier molecular flexibility index (Phi) is 2.81. The predicted molar refractivity (Wildman–Crippen MR) is 69.8 cm³/mol. The van der Waals surface area contributed by atoms with E-state index in [-0.39, 0.29) is 11.9 Å². The monoisotopic (exact) mass is 260 g/mol. The lowest BCUT2D eigenvalue weighted by atomic mass is 10.2. The van der Waals surface area contributed by atoms with Crippen LogP contribution in [0.4, 0.5) is 5.82 Å². The molecule has 1 aliphatic heterocycles. The summed E-state index contributed by atoms with van der Waals surface area (Å²) in [5.74, 6) is 0.954. The molecule has 0 spiro atoms. The van der Waals surface area contributed by atoms with Crippen LogP contribution in [0.1, 0.15) is 13.8 Å². The summed E-state index contributed by atoms with van der Waals surface area (Å²) in [6, 6.07) is 0.216. The van der Waals surface area contributed by atoms with E-state index in [1.807, 2.05) is 15.5 Å². The van der Waals surface area contributed by atoms with Crippen LogP contribution in [0.2, 0.25) is 0 Å². The minimum absolute atomic E-state index is 0.125. The topological polar surface area (TPSA) is 66.6 Å². The normalized spacial score (nSPS) is 20.0. The molecule has 1 saturated heterocycles. The quantitative estimate of drug-likeness (QED) is 0.732. The number of carbonyl (C=O) groups excluding carboxylic acids is 1. The number of carbonyl (C=O) groups is 1. The molecule has 19 heavy (non-hydrogen) atoms. The fraction of sp³-hybridized carbons (Fsp3) is 0.500. The average molecular weight is 260 g/mol. The van der Waals surface area contributed by atoms with Gasteiger partial charge in [-0.15, -0.1) is 10.2 Å². The molecule has 1 aliphatic rings. The molecule has 1 amide bonds. The molecule has 1 atom stereocenters. The van der Waals surface area contributed by atoms with Gasteiger partial charge in [-0.2, -0.15) is 0 Å². The number of amides is 1. The molecule has 0 N–H and O–H groups in total. The summed E-state index contributed by atoms with van der Waals surface area (Å²) in [6.45, 7) is 5.90. The zero-order valence-electron chi connectivity index (χ0n) is 11.0. The molecular weight excluding hydrogens is 244 g/mol. The molecule has 0 bridgehead atoms. The lowest BCUT2D eigenvalue weighted by Gasteiger charge is -2.40. The molecule has 3 heterocycles. The predicted octanol–water partition coefficient (Wildman–Crippen LogP) is 0.181. The van der Waals surface area contributed by atoms with Crippen LogP contribution in [-0.2, 0) is 4.79 Å². The van der Waals surface area contributed by atoms with Gasteiger partial charge in [-0.1, -0.05) is 0 Å². The Labute approximate surface area is 110 Å². The van der Waals surface area contributed by atoms with Gasteiger partial charge >= 0.3 is 0 Å². The van der Waals surface area contributed by atoms with E-state index in [0.29, 0.717) is 6.54 Å².